The van der Waals surface area contributed by atoms with Crippen molar-refractivity contribution in [2.24, 2.45) is 4.99 Å². The molecule has 1 fully saturated rings. The Morgan fingerprint density at radius 2 is 2.21 bits per heavy atom. The summed E-state index contributed by atoms with van der Waals surface area (Å²) in [6.45, 7) is 0.539. The molecule has 1 atom stereocenters. The molecular formula is C13H14N4O2. The molecule has 98 valence electrons. The normalized spacial score (nSPS) is 22.1. The van der Waals surface area contributed by atoms with Crippen molar-refractivity contribution in [2.75, 3.05) is 5.73 Å². The van der Waals surface area contributed by atoms with E-state index in [9.17, 15) is 9.59 Å². The van der Waals surface area contributed by atoms with Crippen molar-refractivity contribution in [1.82, 2.24) is 10.2 Å². The highest BCUT2D eigenvalue weighted by Gasteiger charge is 2.32. The lowest BCUT2D eigenvalue weighted by molar-refractivity contribution is -0.136. The summed E-state index contributed by atoms with van der Waals surface area (Å²) in [6.07, 6.45) is 2.53. The number of nitrogens with one attached hydrogen (secondary N) is 1. The number of amides is 2. The largest absolute Gasteiger partial charge is 0.398 e. The molecule has 6 heteroatoms. The second kappa shape index (κ2) is 4.38. The third kappa shape index (κ3) is 2.05. The van der Waals surface area contributed by atoms with Crippen molar-refractivity contribution in [1.29, 1.82) is 0 Å². The van der Waals surface area contributed by atoms with Crippen LogP contribution >= 0.6 is 0 Å². The van der Waals surface area contributed by atoms with Gasteiger partial charge in [0.1, 0.15) is 6.04 Å². The number of benzene rings is 1. The van der Waals surface area contributed by atoms with Gasteiger partial charge in [-0.05, 0) is 18.6 Å². The summed E-state index contributed by atoms with van der Waals surface area (Å²) in [5.41, 5.74) is 8.37. The van der Waals surface area contributed by atoms with Gasteiger partial charge in [-0.3, -0.25) is 14.9 Å². The van der Waals surface area contributed by atoms with E-state index < -0.39 is 0 Å². The second-order valence-corrected chi connectivity index (χ2v) is 4.73. The summed E-state index contributed by atoms with van der Waals surface area (Å²) in [6, 6.07) is 5.22. The molecule has 1 unspecified atom stereocenters. The molecule has 6 nitrogen and oxygen atoms in total. The first kappa shape index (κ1) is 11.7. The minimum Gasteiger partial charge on any atom is -0.398 e. The standard InChI is InChI=1S/C13H14N4O2/c14-9-2-1-3-10-8(9)6-17(7-15-10)11-4-5-12(18)16-13(11)19/h1-3,7,11H,4-6,14H2,(H,16,18,19). The quantitative estimate of drug-likeness (QED) is 0.568. The molecule has 0 aromatic heterocycles. The van der Waals surface area contributed by atoms with Gasteiger partial charge in [-0.2, -0.15) is 0 Å². The number of nitrogens with two attached hydrogens (primary N) is 1. The molecule has 1 saturated heterocycles. The Balaban J connectivity index is 1.84. The number of aliphatic imine (C=N–C) groups is 1. The fourth-order valence-electron chi connectivity index (χ4n) is 2.43. The van der Waals surface area contributed by atoms with Crippen LogP contribution in [0.15, 0.2) is 23.2 Å². The van der Waals surface area contributed by atoms with Gasteiger partial charge in [0.2, 0.25) is 11.8 Å². The number of anilines is 1. The number of hydrogen-bond donors (Lipinski definition) is 2. The second-order valence-electron chi connectivity index (χ2n) is 4.73. The molecule has 2 aliphatic heterocycles. The van der Waals surface area contributed by atoms with Gasteiger partial charge in [0, 0.05) is 24.2 Å². The van der Waals surface area contributed by atoms with Crippen LogP contribution in [0.25, 0.3) is 0 Å². The first-order chi connectivity index (χ1) is 9.15. The molecule has 2 aliphatic rings. The lowest BCUT2D eigenvalue weighted by atomic mass is 10.0. The van der Waals surface area contributed by atoms with Crippen LogP contribution in [0.2, 0.25) is 0 Å². The highest BCUT2D eigenvalue weighted by Crippen LogP contribution is 2.30. The lowest BCUT2D eigenvalue weighted by Gasteiger charge is -2.33. The van der Waals surface area contributed by atoms with Crippen LogP contribution in [-0.2, 0) is 16.1 Å². The maximum Gasteiger partial charge on any atom is 0.249 e. The van der Waals surface area contributed by atoms with Gasteiger partial charge < -0.3 is 10.6 Å². The zero-order valence-electron chi connectivity index (χ0n) is 10.3. The molecule has 19 heavy (non-hydrogen) atoms. The molecule has 0 spiro atoms. The van der Waals surface area contributed by atoms with Crippen molar-refractivity contribution < 1.29 is 9.59 Å². The Morgan fingerprint density at radius 1 is 1.37 bits per heavy atom. The number of nitrogens with zero attached hydrogens (tertiary/aromatic N) is 2. The molecule has 0 radical (unpaired) electrons. The van der Waals surface area contributed by atoms with Crippen LogP contribution in [0, 0.1) is 0 Å². The van der Waals surface area contributed by atoms with E-state index in [2.05, 4.69) is 10.3 Å². The van der Waals surface area contributed by atoms with Gasteiger partial charge in [-0.15, -0.1) is 0 Å². The maximum absolute atomic E-state index is 11.8. The number of imide groups is 1. The Labute approximate surface area is 110 Å². The molecule has 1 aromatic rings. The van der Waals surface area contributed by atoms with Crippen LogP contribution in [-0.4, -0.2) is 29.1 Å². The summed E-state index contributed by atoms with van der Waals surface area (Å²) in [5.74, 6) is -0.476. The molecule has 0 saturated carbocycles. The number of carbonyl (C=O) groups is 2. The number of hydrogen-bond acceptors (Lipinski definition) is 5. The SMILES string of the molecule is Nc1cccc2c1CN(C1CCC(=O)NC1=O)C=N2. The van der Waals surface area contributed by atoms with Crippen LogP contribution < -0.4 is 11.1 Å². The van der Waals surface area contributed by atoms with E-state index in [1.54, 1.807) is 6.34 Å². The molecule has 0 aliphatic carbocycles. The summed E-state index contributed by atoms with van der Waals surface area (Å²) in [4.78, 5) is 29.1. The molecular weight excluding hydrogens is 244 g/mol. The summed E-state index contributed by atoms with van der Waals surface area (Å²) in [7, 11) is 0. The first-order valence-corrected chi connectivity index (χ1v) is 6.16. The number of piperidine rings is 1. The monoisotopic (exact) mass is 258 g/mol. The smallest absolute Gasteiger partial charge is 0.249 e. The third-order valence-electron chi connectivity index (χ3n) is 3.48. The molecule has 0 bridgehead atoms. The van der Waals surface area contributed by atoms with Gasteiger partial charge in [-0.1, -0.05) is 6.07 Å². The van der Waals surface area contributed by atoms with Gasteiger partial charge >= 0.3 is 0 Å². The van der Waals surface area contributed by atoms with E-state index >= 15 is 0 Å². The predicted molar refractivity (Wildman–Crippen MR) is 70.7 cm³/mol. The topological polar surface area (TPSA) is 87.8 Å². The maximum atomic E-state index is 11.8. The zero-order valence-corrected chi connectivity index (χ0v) is 10.3. The highest BCUT2D eigenvalue weighted by molar-refractivity contribution is 6.01. The minimum atomic E-state index is -0.353. The van der Waals surface area contributed by atoms with E-state index in [1.165, 1.54) is 0 Å². The average molecular weight is 258 g/mol. The van der Waals surface area contributed by atoms with Crippen molar-refractivity contribution in [2.45, 2.75) is 25.4 Å². The number of nitrogen functional groups attached to an aromatic ring is 1. The highest BCUT2D eigenvalue weighted by atomic mass is 16.2. The molecule has 2 heterocycles. The number of fused-ring (bicyclic) bond motifs is 1. The molecule has 1 aromatic carbocycles. The lowest BCUT2D eigenvalue weighted by Crippen LogP contribution is -2.52. The fourth-order valence-corrected chi connectivity index (χ4v) is 2.43. The first-order valence-electron chi connectivity index (χ1n) is 6.16. The predicted octanol–water partition coefficient (Wildman–Crippen LogP) is 0.549. The third-order valence-corrected chi connectivity index (χ3v) is 3.48. The van der Waals surface area contributed by atoms with Crippen molar-refractivity contribution in [3.63, 3.8) is 0 Å². The van der Waals surface area contributed by atoms with E-state index in [4.69, 9.17) is 5.73 Å². The van der Waals surface area contributed by atoms with Crippen molar-refractivity contribution >= 4 is 29.5 Å². The van der Waals surface area contributed by atoms with Gasteiger partial charge in [0.25, 0.3) is 0 Å². The Hall–Kier alpha value is -2.37. The van der Waals surface area contributed by atoms with E-state index in [0.29, 0.717) is 25.1 Å². The zero-order chi connectivity index (χ0) is 13.4. The van der Waals surface area contributed by atoms with Crippen LogP contribution in [0.1, 0.15) is 18.4 Å². The van der Waals surface area contributed by atoms with Gasteiger partial charge in [-0.25, -0.2) is 4.99 Å². The minimum absolute atomic E-state index is 0.213. The van der Waals surface area contributed by atoms with E-state index in [-0.39, 0.29) is 17.9 Å². The van der Waals surface area contributed by atoms with Crippen molar-refractivity contribution in [3.8, 4) is 0 Å². The summed E-state index contributed by atoms with van der Waals surface area (Å²) < 4.78 is 0. The Morgan fingerprint density at radius 3 is 3.00 bits per heavy atom. The van der Waals surface area contributed by atoms with Crippen LogP contribution in [0.5, 0.6) is 0 Å². The fraction of sp³-hybridized carbons (Fsp3) is 0.308. The van der Waals surface area contributed by atoms with E-state index in [0.717, 1.165) is 11.3 Å². The number of carbonyl (C=O) groups excluding carboxylic acids is 2. The van der Waals surface area contributed by atoms with Gasteiger partial charge in [0.15, 0.2) is 0 Å². The summed E-state index contributed by atoms with van der Waals surface area (Å²) in [5, 5.41) is 2.35. The van der Waals surface area contributed by atoms with Crippen LogP contribution in [0.3, 0.4) is 0 Å². The van der Waals surface area contributed by atoms with E-state index in [1.807, 2.05) is 23.1 Å². The van der Waals surface area contributed by atoms with Crippen LogP contribution in [0.4, 0.5) is 11.4 Å². The molecule has 3 N–H and O–H groups in total. The summed E-state index contributed by atoms with van der Waals surface area (Å²) >= 11 is 0. The van der Waals surface area contributed by atoms with Gasteiger partial charge in [0.05, 0.1) is 12.0 Å². The Kier molecular flexibility index (Phi) is 2.70. The molecule has 2 amide bonds. The van der Waals surface area contributed by atoms with Crippen molar-refractivity contribution in [3.05, 3.63) is 23.8 Å². The molecule has 3 rings (SSSR count). The Bertz CT molecular complexity index is 582. The average Bonchev–Trinajstić information content (AvgIpc) is 2.39. The number of rotatable bonds is 1.